The summed E-state index contributed by atoms with van der Waals surface area (Å²) in [5, 5.41) is 3.42. The fourth-order valence-corrected chi connectivity index (χ4v) is 1.76. The van der Waals surface area contributed by atoms with Gasteiger partial charge in [-0.25, -0.2) is 0 Å². The molecule has 14 heavy (non-hydrogen) atoms. The zero-order valence-electron chi connectivity index (χ0n) is 8.92. The minimum Gasteiger partial charge on any atom is -0.385 e. The van der Waals surface area contributed by atoms with Crippen molar-refractivity contribution in [3.63, 3.8) is 0 Å². The summed E-state index contributed by atoms with van der Waals surface area (Å²) in [6, 6.07) is 2.03. The lowest BCUT2D eigenvalue weighted by Crippen LogP contribution is -2.03. The van der Waals surface area contributed by atoms with E-state index in [0.29, 0.717) is 0 Å². The van der Waals surface area contributed by atoms with Gasteiger partial charge in [-0.05, 0) is 43.4 Å². The third-order valence-electron chi connectivity index (χ3n) is 2.11. The van der Waals surface area contributed by atoms with Gasteiger partial charge in [-0.3, -0.25) is 4.98 Å². The minimum absolute atomic E-state index is 1.06. The van der Waals surface area contributed by atoms with E-state index in [1.54, 1.807) is 0 Å². The van der Waals surface area contributed by atoms with Crippen molar-refractivity contribution in [3.05, 3.63) is 24.0 Å². The van der Waals surface area contributed by atoms with Crippen LogP contribution in [0, 0.1) is 6.92 Å². The van der Waals surface area contributed by atoms with Crippen LogP contribution in [0.3, 0.4) is 0 Å². The molecule has 1 aromatic heterocycles. The lowest BCUT2D eigenvalue weighted by Gasteiger charge is -2.07. The minimum atomic E-state index is 1.06. The van der Waals surface area contributed by atoms with Gasteiger partial charge in [0.25, 0.3) is 0 Å². The first-order chi connectivity index (χ1) is 6.84. The number of anilines is 1. The third-order valence-corrected chi connectivity index (χ3v) is 2.81. The number of thioether (sulfide) groups is 1. The summed E-state index contributed by atoms with van der Waals surface area (Å²) in [4.78, 5) is 4.06. The molecule has 0 fully saturated rings. The molecule has 0 aliphatic carbocycles. The Hall–Kier alpha value is -0.700. The third kappa shape index (κ3) is 4.01. The standard InChI is InChI=1S/C11H18N2S/c1-10-9-12-7-5-11(10)13-6-3-4-8-14-2/h5,7,9H,3-4,6,8H2,1-2H3,(H,12,13). The van der Waals surface area contributed by atoms with Gasteiger partial charge in [-0.15, -0.1) is 0 Å². The molecule has 78 valence electrons. The highest BCUT2D eigenvalue weighted by Gasteiger charge is 1.95. The molecule has 0 unspecified atom stereocenters. The molecule has 2 nitrogen and oxygen atoms in total. The van der Waals surface area contributed by atoms with Crippen LogP contribution in [0.15, 0.2) is 18.5 Å². The molecule has 0 spiro atoms. The lowest BCUT2D eigenvalue weighted by atomic mass is 10.2. The Balaban J connectivity index is 2.21. The van der Waals surface area contributed by atoms with Gasteiger partial charge in [0.1, 0.15) is 0 Å². The zero-order chi connectivity index (χ0) is 10.2. The molecule has 0 radical (unpaired) electrons. The summed E-state index contributed by atoms with van der Waals surface area (Å²) in [5.74, 6) is 1.26. The van der Waals surface area contributed by atoms with E-state index in [0.717, 1.165) is 6.54 Å². The number of pyridine rings is 1. The smallest absolute Gasteiger partial charge is 0.0400 e. The second kappa shape index (κ2) is 6.71. The van der Waals surface area contributed by atoms with Gasteiger partial charge < -0.3 is 5.32 Å². The molecule has 0 aliphatic heterocycles. The summed E-state index contributed by atoms with van der Waals surface area (Å²) < 4.78 is 0. The van der Waals surface area contributed by atoms with E-state index in [-0.39, 0.29) is 0 Å². The van der Waals surface area contributed by atoms with Crippen molar-refractivity contribution in [1.29, 1.82) is 0 Å². The average Bonchev–Trinajstić information content (AvgIpc) is 2.20. The fraction of sp³-hybridized carbons (Fsp3) is 0.545. The fourth-order valence-electron chi connectivity index (χ4n) is 1.27. The summed E-state index contributed by atoms with van der Waals surface area (Å²) in [5.41, 5.74) is 2.43. The molecular formula is C11H18N2S. The molecule has 0 saturated carbocycles. The van der Waals surface area contributed by atoms with Crippen LogP contribution in [0.2, 0.25) is 0 Å². The number of hydrogen-bond acceptors (Lipinski definition) is 3. The van der Waals surface area contributed by atoms with Crippen molar-refractivity contribution in [2.45, 2.75) is 19.8 Å². The van der Waals surface area contributed by atoms with Crippen molar-refractivity contribution in [1.82, 2.24) is 4.98 Å². The summed E-state index contributed by atoms with van der Waals surface area (Å²) >= 11 is 1.91. The quantitative estimate of drug-likeness (QED) is 0.731. The number of aromatic nitrogens is 1. The predicted molar refractivity (Wildman–Crippen MR) is 65.1 cm³/mol. The Morgan fingerprint density at radius 1 is 1.43 bits per heavy atom. The van der Waals surface area contributed by atoms with Crippen molar-refractivity contribution in [2.24, 2.45) is 0 Å². The van der Waals surface area contributed by atoms with E-state index in [1.165, 1.54) is 29.8 Å². The Morgan fingerprint density at radius 3 is 3.00 bits per heavy atom. The van der Waals surface area contributed by atoms with Gasteiger partial charge in [-0.2, -0.15) is 11.8 Å². The second-order valence-electron chi connectivity index (χ2n) is 3.32. The molecule has 0 aromatic carbocycles. The number of nitrogens with one attached hydrogen (secondary N) is 1. The van der Waals surface area contributed by atoms with E-state index in [4.69, 9.17) is 0 Å². The van der Waals surface area contributed by atoms with Gasteiger partial charge in [0.15, 0.2) is 0 Å². The monoisotopic (exact) mass is 210 g/mol. The van der Waals surface area contributed by atoms with E-state index >= 15 is 0 Å². The second-order valence-corrected chi connectivity index (χ2v) is 4.30. The maximum Gasteiger partial charge on any atom is 0.0400 e. The van der Waals surface area contributed by atoms with Gasteiger partial charge in [0, 0.05) is 24.6 Å². The molecule has 1 aromatic rings. The first-order valence-electron chi connectivity index (χ1n) is 4.98. The van der Waals surface area contributed by atoms with Gasteiger partial charge in [0.05, 0.1) is 0 Å². The van der Waals surface area contributed by atoms with Crippen LogP contribution in [-0.2, 0) is 0 Å². The van der Waals surface area contributed by atoms with Crippen molar-refractivity contribution >= 4 is 17.4 Å². The van der Waals surface area contributed by atoms with Gasteiger partial charge >= 0.3 is 0 Å². The number of rotatable bonds is 6. The maximum absolute atomic E-state index is 4.06. The average molecular weight is 210 g/mol. The lowest BCUT2D eigenvalue weighted by molar-refractivity contribution is 0.842. The largest absolute Gasteiger partial charge is 0.385 e. The van der Waals surface area contributed by atoms with E-state index in [1.807, 2.05) is 30.2 Å². The number of unbranched alkanes of at least 4 members (excludes halogenated alkanes) is 1. The van der Waals surface area contributed by atoms with Crippen LogP contribution in [0.1, 0.15) is 18.4 Å². The molecule has 0 amide bonds. The van der Waals surface area contributed by atoms with Crippen LogP contribution in [0.25, 0.3) is 0 Å². The molecule has 0 bridgehead atoms. The molecule has 0 atom stereocenters. The van der Waals surface area contributed by atoms with Crippen LogP contribution in [0.4, 0.5) is 5.69 Å². The molecule has 0 saturated heterocycles. The maximum atomic E-state index is 4.06. The Morgan fingerprint density at radius 2 is 2.29 bits per heavy atom. The topological polar surface area (TPSA) is 24.9 Å². The normalized spacial score (nSPS) is 10.1. The van der Waals surface area contributed by atoms with E-state index < -0.39 is 0 Å². The van der Waals surface area contributed by atoms with E-state index in [9.17, 15) is 0 Å². The highest BCUT2D eigenvalue weighted by Crippen LogP contribution is 2.11. The molecule has 3 heteroatoms. The first-order valence-corrected chi connectivity index (χ1v) is 6.37. The molecule has 1 rings (SSSR count). The molecule has 1 heterocycles. The molecule has 1 N–H and O–H groups in total. The number of nitrogens with zero attached hydrogens (tertiary/aromatic N) is 1. The molecule has 0 aliphatic rings. The van der Waals surface area contributed by atoms with Crippen LogP contribution in [-0.4, -0.2) is 23.5 Å². The SMILES string of the molecule is CSCCCCNc1ccncc1C. The summed E-state index contributed by atoms with van der Waals surface area (Å²) in [7, 11) is 0. The van der Waals surface area contributed by atoms with Crippen LogP contribution in [0.5, 0.6) is 0 Å². The number of hydrogen-bond donors (Lipinski definition) is 1. The van der Waals surface area contributed by atoms with Gasteiger partial charge in [0.2, 0.25) is 0 Å². The predicted octanol–water partition coefficient (Wildman–Crippen LogP) is 2.95. The first kappa shape index (κ1) is 11.4. The number of aryl methyl sites for hydroxylation is 1. The van der Waals surface area contributed by atoms with Crippen LogP contribution >= 0.6 is 11.8 Å². The zero-order valence-corrected chi connectivity index (χ0v) is 9.73. The highest BCUT2D eigenvalue weighted by molar-refractivity contribution is 7.98. The highest BCUT2D eigenvalue weighted by atomic mass is 32.2. The van der Waals surface area contributed by atoms with Crippen molar-refractivity contribution < 1.29 is 0 Å². The Labute approximate surface area is 90.5 Å². The summed E-state index contributed by atoms with van der Waals surface area (Å²) in [6.45, 7) is 3.14. The van der Waals surface area contributed by atoms with Gasteiger partial charge in [-0.1, -0.05) is 0 Å². The van der Waals surface area contributed by atoms with Crippen molar-refractivity contribution in [3.8, 4) is 0 Å². The van der Waals surface area contributed by atoms with E-state index in [2.05, 4.69) is 23.5 Å². The Bertz CT molecular complexity index is 263. The molecular weight excluding hydrogens is 192 g/mol. The Kier molecular flexibility index (Phi) is 5.45. The van der Waals surface area contributed by atoms with Crippen LogP contribution < -0.4 is 5.32 Å². The van der Waals surface area contributed by atoms with Crippen molar-refractivity contribution in [2.75, 3.05) is 23.9 Å². The summed E-state index contributed by atoms with van der Waals surface area (Å²) in [6.07, 6.45) is 8.41.